The summed E-state index contributed by atoms with van der Waals surface area (Å²) in [4.78, 5) is 4.22. The summed E-state index contributed by atoms with van der Waals surface area (Å²) in [6, 6.07) is 0.537. The van der Waals surface area contributed by atoms with Gasteiger partial charge in [0.2, 0.25) is 5.89 Å². The zero-order chi connectivity index (χ0) is 9.80. The molecule has 1 aromatic rings. The molecular formula is C10H17N3O. The van der Waals surface area contributed by atoms with Crippen molar-refractivity contribution in [2.45, 2.75) is 45.1 Å². The van der Waals surface area contributed by atoms with Gasteiger partial charge in [-0.2, -0.15) is 4.98 Å². The Morgan fingerprint density at radius 2 is 2.36 bits per heavy atom. The maximum atomic E-state index is 4.95. The second-order valence-electron chi connectivity index (χ2n) is 3.93. The topological polar surface area (TPSA) is 51.0 Å². The number of rotatable bonds is 2. The molecule has 4 heteroatoms. The predicted octanol–water partition coefficient (Wildman–Crippen LogP) is 1.45. The molecule has 1 aliphatic heterocycles. The Kier molecular flexibility index (Phi) is 3.14. The minimum absolute atomic E-state index is 0.537. The van der Waals surface area contributed by atoms with Gasteiger partial charge in [0.15, 0.2) is 5.82 Å². The quantitative estimate of drug-likeness (QED) is 0.776. The fourth-order valence-electron chi connectivity index (χ4n) is 1.92. The number of hydrogen-bond acceptors (Lipinski definition) is 4. The lowest BCUT2D eigenvalue weighted by atomic mass is 10.1. The zero-order valence-corrected chi connectivity index (χ0v) is 8.62. The highest BCUT2D eigenvalue weighted by Gasteiger charge is 2.14. The van der Waals surface area contributed by atoms with E-state index in [1.807, 2.05) is 6.92 Å². The van der Waals surface area contributed by atoms with Crippen molar-refractivity contribution in [2.75, 3.05) is 6.54 Å². The molecule has 1 atom stereocenters. The molecule has 1 saturated heterocycles. The van der Waals surface area contributed by atoms with Crippen molar-refractivity contribution in [1.82, 2.24) is 15.5 Å². The minimum atomic E-state index is 0.537. The number of nitrogens with zero attached hydrogens (tertiary/aromatic N) is 2. The normalized spacial score (nSPS) is 23.4. The molecule has 0 aromatic carbocycles. The molecule has 1 N–H and O–H groups in total. The number of aromatic nitrogens is 2. The largest absolute Gasteiger partial charge is 0.340 e. The van der Waals surface area contributed by atoms with Crippen molar-refractivity contribution >= 4 is 0 Å². The summed E-state index contributed by atoms with van der Waals surface area (Å²) < 4.78 is 4.95. The van der Waals surface area contributed by atoms with Crippen molar-refractivity contribution in [2.24, 2.45) is 0 Å². The predicted molar refractivity (Wildman–Crippen MR) is 53.0 cm³/mol. The van der Waals surface area contributed by atoms with Gasteiger partial charge in [-0.25, -0.2) is 0 Å². The Morgan fingerprint density at radius 1 is 1.43 bits per heavy atom. The van der Waals surface area contributed by atoms with E-state index >= 15 is 0 Å². The third kappa shape index (κ3) is 2.54. The van der Waals surface area contributed by atoms with Crippen molar-refractivity contribution in [1.29, 1.82) is 0 Å². The molecule has 4 nitrogen and oxygen atoms in total. The lowest BCUT2D eigenvalue weighted by molar-refractivity contribution is 0.382. The van der Waals surface area contributed by atoms with Gasteiger partial charge in [-0.1, -0.05) is 18.0 Å². The lowest BCUT2D eigenvalue weighted by Gasteiger charge is -2.12. The van der Waals surface area contributed by atoms with Crippen LogP contribution in [0.25, 0.3) is 0 Å². The van der Waals surface area contributed by atoms with Crippen molar-refractivity contribution < 1.29 is 4.52 Å². The molecule has 1 aromatic heterocycles. The van der Waals surface area contributed by atoms with Crippen LogP contribution in [0, 0.1) is 6.92 Å². The third-order valence-electron chi connectivity index (χ3n) is 2.66. The fraction of sp³-hybridized carbons (Fsp3) is 0.800. The monoisotopic (exact) mass is 195 g/mol. The van der Waals surface area contributed by atoms with Crippen LogP contribution < -0.4 is 5.32 Å². The second-order valence-corrected chi connectivity index (χ2v) is 3.93. The maximum Gasteiger partial charge on any atom is 0.223 e. The van der Waals surface area contributed by atoms with Crippen LogP contribution in [0.2, 0.25) is 0 Å². The fourth-order valence-corrected chi connectivity index (χ4v) is 1.92. The Labute approximate surface area is 84.1 Å². The molecule has 14 heavy (non-hydrogen) atoms. The summed E-state index contributed by atoms with van der Waals surface area (Å²) >= 11 is 0. The summed E-state index contributed by atoms with van der Waals surface area (Å²) in [5, 5.41) is 7.43. The second kappa shape index (κ2) is 4.55. The van der Waals surface area contributed by atoms with Gasteiger partial charge < -0.3 is 9.84 Å². The highest BCUT2D eigenvalue weighted by Crippen LogP contribution is 2.11. The number of aryl methyl sites for hydroxylation is 1. The summed E-state index contributed by atoms with van der Waals surface area (Å²) in [5.74, 6) is 1.50. The summed E-state index contributed by atoms with van der Waals surface area (Å²) in [5.41, 5.74) is 0. The van der Waals surface area contributed by atoms with Crippen LogP contribution in [0.3, 0.4) is 0 Å². The first-order valence-corrected chi connectivity index (χ1v) is 5.37. The van der Waals surface area contributed by atoms with E-state index in [-0.39, 0.29) is 0 Å². The van der Waals surface area contributed by atoms with Gasteiger partial charge in [0.25, 0.3) is 0 Å². The van der Waals surface area contributed by atoms with Crippen molar-refractivity contribution in [3.63, 3.8) is 0 Å². The summed E-state index contributed by atoms with van der Waals surface area (Å²) in [6.07, 6.45) is 6.08. The molecule has 0 bridgehead atoms. The SMILES string of the molecule is Cc1nc(CC2CCCCCN2)no1. The van der Waals surface area contributed by atoms with Crippen LogP contribution in [0.1, 0.15) is 37.4 Å². The Morgan fingerprint density at radius 3 is 3.14 bits per heavy atom. The molecule has 0 amide bonds. The molecule has 1 fully saturated rings. The molecule has 1 aliphatic rings. The van der Waals surface area contributed by atoms with Crippen molar-refractivity contribution in [3.05, 3.63) is 11.7 Å². The Bertz CT molecular complexity index is 277. The van der Waals surface area contributed by atoms with E-state index in [1.165, 1.54) is 25.7 Å². The zero-order valence-electron chi connectivity index (χ0n) is 8.62. The van der Waals surface area contributed by atoms with Gasteiger partial charge >= 0.3 is 0 Å². The third-order valence-corrected chi connectivity index (χ3v) is 2.66. The van der Waals surface area contributed by atoms with Gasteiger partial charge in [-0.15, -0.1) is 0 Å². The van der Waals surface area contributed by atoms with Crippen LogP contribution in [0.5, 0.6) is 0 Å². The average molecular weight is 195 g/mol. The summed E-state index contributed by atoms with van der Waals surface area (Å²) in [7, 11) is 0. The Hall–Kier alpha value is -0.900. The van der Waals surface area contributed by atoms with Gasteiger partial charge in [0, 0.05) is 19.4 Å². The van der Waals surface area contributed by atoms with E-state index in [4.69, 9.17) is 4.52 Å². The molecule has 0 aliphatic carbocycles. The number of hydrogen-bond donors (Lipinski definition) is 1. The van der Waals surface area contributed by atoms with Gasteiger partial charge in [-0.3, -0.25) is 0 Å². The highest BCUT2D eigenvalue weighted by atomic mass is 16.5. The standard InChI is InChI=1S/C10H17N3O/c1-8-12-10(13-14-8)7-9-5-3-2-4-6-11-9/h9,11H,2-7H2,1H3. The first-order chi connectivity index (χ1) is 6.84. The van der Waals surface area contributed by atoms with Crippen LogP contribution in [0.15, 0.2) is 4.52 Å². The van der Waals surface area contributed by atoms with E-state index in [9.17, 15) is 0 Å². The molecular weight excluding hydrogens is 178 g/mol. The number of nitrogens with one attached hydrogen (secondary N) is 1. The molecule has 1 unspecified atom stereocenters. The molecule has 78 valence electrons. The van der Waals surface area contributed by atoms with E-state index in [0.717, 1.165) is 18.8 Å². The molecule has 2 heterocycles. The first-order valence-electron chi connectivity index (χ1n) is 5.37. The average Bonchev–Trinajstić information content (AvgIpc) is 2.43. The maximum absolute atomic E-state index is 4.95. The summed E-state index contributed by atoms with van der Waals surface area (Å²) in [6.45, 7) is 2.96. The Balaban J connectivity index is 1.89. The van der Waals surface area contributed by atoms with Crippen LogP contribution in [-0.2, 0) is 6.42 Å². The first kappa shape index (κ1) is 9.65. The van der Waals surface area contributed by atoms with Gasteiger partial charge in [0.1, 0.15) is 0 Å². The van der Waals surface area contributed by atoms with E-state index < -0.39 is 0 Å². The van der Waals surface area contributed by atoms with Crippen molar-refractivity contribution in [3.8, 4) is 0 Å². The van der Waals surface area contributed by atoms with E-state index in [1.54, 1.807) is 0 Å². The van der Waals surface area contributed by atoms with E-state index in [2.05, 4.69) is 15.5 Å². The molecule has 0 saturated carbocycles. The lowest BCUT2D eigenvalue weighted by Crippen LogP contribution is -2.30. The van der Waals surface area contributed by atoms with Crippen LogP contribution in [-0.4, -0.2) is 22.7 Å². The molecule has 0 spiro atoms. The van der Waals surface area contributed by atoms with Gasteiger partial charge in [0.05, 0.1) is 0 Å². The smallest absolute Gasteiger partial charge is 0.223 e. The molecule has 2 rings (SSSR count). The van der Waals surface area contributed by atoms with E-state index in [0.29, 0.717) is 11.9 Å². The van der Waals surface area contributed by atoms with Gasteiger partial charge in [-0.05, 0) is 19.4 Å². The molecule has 0 radical (unpaired) electrons. The highest BCUT2D eigenvalue weighted by molar-refractivity contribution is 4.89. The van der Waals surface area contributed by atoms with Crippen LogP contribution in [0.4, 0.5) is 0 Å². The minimum Gasteiger partial charge on any atom is -0.340 e. The van der Waals surface area contributed by atoms with Crippen LogP contribution >= 0.6 is 0 Å².